The van der Waals surface area contributed by atoms with Gasteiger partial charge in [0.1, 0.15) is 0 Å². The topological polar surface area (TPSA) is 41.6 Å². The van der Waals surface area contributed by atoms with Gasteiger partial charge in [-0.25, -0.2) is 0 Å². The molecule has 0 spiro atoms. The first kappa shape index (κ1) is 36.8. The second kappa shape index (κ2) is 15.4. The molecular formula is C58H47N3. The van der Waals surface area contributed by atoms with Crippen molar-refractivity contribution in [3.05, 3.63) is 234 Å². The summed E-state index contributed by atoms with van der Waals surface area (Å²) in [5.41, 5.74) is 23.2. The van der Waals surface area contributed by atoms with Crippen LogP contribution in [0.15, 0.2) is 217 Å². The first-order valence-electron chi connectivity index (χ1n) is 21.6. The van der Waals surface area contributed by atoms with E-state index in [9.17, 15) is 0 Å². The highest BCUT2D eigenvalue weighted by Gasteiger charge is 2.41. The summed E-state index contributed by atoms with van der Waals surface area (Å²) in [4.78, 5) is 7.54. The molecule has 61 heavy (non-hydrogen) atoms. The van der Waals surface area contributed by atoms with E-state index in [1.54, 1.807) is 0 Å². The Hall–Kier alpha value is -7.23. The van der Waals surface area contributed by atoms with Crippen molar-refractivity contribution in [1.29, 1.82) is 0 Å². The van der Waals surface area contributed by atoms with E-state index in [-0.39, 0.29) is 12.0 Å². The van der Waals surface area contributed by atoms with E-state index in [1.807, 2.05) is 7.05 Å². The molecule has 3 nitrogen and oxygen atoms in total. The summed E-state index contributed by atoms with van der Waals surface area (Å²) in [7, 11) is 1.90. The molecular weight excluding hydrogens is 739 g/mol. The predicted octanol–water partition coefficient (Wildman–Crippen LogP) is 13.6. The zero-order chi connectivity index (χ0) is 40.9. The molecule has 0 fully saturated rings. The minimum atomic E-state index is 0.262. The highest BCUT2D eigenvalue weighted by Crippen LogP contribution is 2.52. The van der Waals surface area contributed by atoms with Crippen LogP contribution in [0.1, 0.15) is 47.4 Å². The molecule has 294 valence electrons. The second-order valence-electron chi connectivity index (χ2n) is 16.6. The van der Waals surface area contributed by atoms with Crippen LogP contribution in [0.2, 0.25) is 0 Å². The summed E-state index contributed by atoms with van der Waals surface area (Å²) in [5, 5.41) is 4.96. The van der Waals surface area contributed by atoms with Crippen molar-refractivity contribution in [1.82, 2.24) is 0 Å². The van der Waals surface area contributed by atoms with Gasteiger partial charge in [-0.2, -0.15) is 0 Å². The first-order chi connectivity index (χ1) is 30.1. The van der Waals surface area contributed by atoms with Gasteiger partial charge in [-0.3, -0.25) is 4.99 Å². The van der Waals surface area contributed by atoms with Gasteiger partial charge >= 0.3 is 0 Å². The average Bonchev–Trinajstić information content (AvgIpc) is 3.67. The van der Waals surface area contributed by atoms with E-state index in [0.717, 1.165) is 52.9 Å². The van der Waals surface area contributed by atoms with E-state index in [4.69, 9.17) is 10.7 Å². The van der Waals surface area contributed by atoms with E-state index in [1.165, 1.54) is 66.2 Å². The van der Waals surface area contributed by atoms with Crippen LogP contribution >= 0.6 is 0 Å². The Morgan fingerprint density at radius 3 is 2.28 bits per heavy atom. The summed E-state index contributed by atoms with van der Waals surface area (Å²) >= 11 is 0. The van der Waals surface area contributed by atoms with Gasteiger partial charge < -0.3 is 10.6 Å². The Balaban J connectivity index is 1.15. The Morgan fingerprint density at radius 2 is 1.43 bits per heavy atom. The minimum Gasteiger partial charge on any atom is -0.398 e. The van der Waals surface area contributed by atoms with Gasteiger partial charge in [-0.15, -0.1) is 0 Å². The molecule has 0 saturated heterocycles. The third kappa shape index (κ3) is 6.40. The molecule has 0 bridgehead atoms. The second-order valence-corrected chi connectivity index (χ2v) is 16.6. The number of nitrogens with two attached hydrogens (primary N) is 1. The number of hydrogen-bond donors (Lipinski definition) is 1. The standard InChI is InChI=1S/C58H47N3/c1-60-55-26-14-11-24-50(55)57(43-31-30-40-34-39(28-29-41(40)35-43)38-16-4-2-5-17-38)52-36-42(32-33-46(52)47-21-10-13-25-54(47)59)51-37-53-48-22-12-15-27-56(48)61(44-18-6-3-7-19-44)58(53)49-23-9-8-20-45(49)51/h2-9,11-18,20,22-37,44,48,56H,10,19,21,59H2,1H3/t44?,48-,56?/m0/s1. The summed E-state index contributed by atoms with van der Waals surface area (Å²) in [6.07, 6.45) is 34.0. The third-order valence-corrected chi connectivity index (χ3v) is 13.2. The highest BCUT2D eigenvalue weighted by molar-refractivity contribution is 6.19. The fourth-order valence-corrected chi connectivity index (χ4v) is 10.3. The molecule has 3 atom stereocenters. The average molecular weight is 786 g/mol. The summed E-state index contributed by atoms with van der Waals surface area (Å²) < 4.78 is 0. The fraction of sp³-hybridized carbons (Fsp3) is 0.121. The molecule has 4 aliphatic carbocycles. The van der Waals surface area contributed by atoms with Crippen molar-refractivity contribution in [3.8, 4) is 22.3 Å². The van der Waals surface area contributed by atoms with Crippen molar-refractivity contribution in [3.63, 3.8) is 0 Å². The van der Waals surface area contributed by atoms with Crippen molar-refractivity contribution in [2.24, 2.45) is 10.7 Å². The van der Waals surface area contributed by atoms with Gasteiger partial charge in [0.15, 0.2) is 0 Å². The van der Waals surface area contributed by atoms with Crippen LogP contribution in [-0.2, 0) is 0 Å². The summed E-state index contributed by atoms with van der Waals surface area (Å²) in [6.45, 7) is 0. The highest BCUT2D eigenvalue weighted by atomic mass is 15.2. The van der Waals surface area contributed by atoms with Gasteiger partial charge in [-0.05, 0) is 127 Å². The number of benzene rings is 6. The Labute approximate surface area is 358 Å². The number of anilines is 1. The molecule has 2 N–H and O–H groups in total. The van der Waals surface area contributed by atoms with Gasteiger partial charge in [-0.1, -0.05) is 164 Å². The van der Waals surface area contributed by atoms with E-state index in [0.29, 0.717) is 6.04 Å². The largest absolute Gasteiger partial charge is 0.398 e. The van der Waals surface area contributed by atoms with E-state index < -0.39 is 0 Å². The Kier molecular flexibility index (Phi) is 9.31. The van der Waals surface area contributed by atoms with Crippen LogP contribution in [-0.4, -0.2) is 24.8 Å². The lowest BCUT2D eigenvalue weighted by Gasteiger charge is -2.35. The first-order valence-corrected chi connectivity index (χ1v) is 21.6. The third-order valence-electron chi connectivity index (χ3n) is 13.2. The quantitative estimate of drug-likeness (QED) is 0.183. The number of hydrogen-bond acceptors (Lipinski definition) is 3. The molecule has 0 saturated carbocycles. The molecule has 2 unspecified atom stereocenters. The molecule has 6 aromatic rings. The SMILES string of the molecule is CN=C1C=CC=CC1=C(c1ccc2cc(-c3ccccc3)ccc2c1)c1cc(-c2cc3c(c4ccccc24)N(C2C=CC=CC2)C2C=CC=C[C@@H]32)ccc1C1=C(N)C=CCC1. The van der Waals surface area contributed by atoms with Crippen LogP contribution in [0.3, 0.4) is 0 Å². The van der Waals surface area contributed by atoms with Gasteiger partial charge in [0.05, 0.1) is 17.8 Å². The van der Waals surface area contributed by atoms with Crippen molar-refractivity contribution >= 4 is 44.1 Å². The van der Waals surface area contributed by atoms with Gasteiger partial charge in [0, 0.05) is 35.3 Å². The maximum absolute atomic E-state index is 6.91. The molecule has 0 aromatic heterocycles. The number of rotatable bonds is 6. The zero-order valence-electron chi connectivity index (χ0n) is 34.4. The number of nitrogens with zero attached hydrogens (tertiary/aromatic N) is 2. The maximum atomic E-state index is 6.91. The summed E-state index contributed by atoms with van der Waals surface area (Å²) in [6, 6.07) is 43.6. The van der Waals surface area contributed by atoms with Crippen LogP contribution in [0.5, 0.6) is 0 Å². The van der Waals surface area contributed by atoms with Crippen LogP contribution in [0, 0.1) is 0 Å². The molecule has 3 heteroatoms. The van der Waals surface area contributed by atoms with E-state index >= 15 is 0 Å². The van der Waals surface area contributed by atoms with Crippen LogP contribution < -0.4 is 10.6 Å². The zero-order valence-corrected chi connectivity index (χ0v) is 34.4. The van der Waals surface area contributed by atoms with E-state index in [2.05, 4.69) is 205 Å². The fourth-order valence-electron chi connectivity index (χ4n) is 10.3. The molecule has 1 aliphatic heterocycles. The Morgan fingerprint density at radius 1 is 0.639 bits per heavy atom. The molecule has 11 rings (SSSR count). The van der Waals surface area contributed by atoms with Gasteiger partial charge in [0.25, 0.3) is 0 Å². The lowest BCUT2D eigenvalue weighted by Crippen LogP contribution is -2.40. The predicted molar refractivity (Wildman–Crippen MR) is 260 cm³/mol. The number of allylic oxidation sites excluding steroid dienone is 12. The minimum absolute atomic E-state index is 0.262. The summed E-state index contributed by atoms with van der Waals surface area (Å²) in [5.74, 6) is 0.264. The molecule has 6 aromatic carbocycles. The number of fused-ring (bicyclic) bond motifs is 6. The van der Waals surface area contributed by atoms with Crippen molar-refractivity contribution in [2.45, 2.75) is 37.3 Å². The lowest BCUT2D eigenvalue weighted by molar-refractivity contribution is 0.615. The van der Waals surface area contributed by atoms with Crippen molar-refractivity contribution < 1.29 is 0 Å². The van der Waals surface area contributed by atoms with Gasteiger partial charge in [0.2, 0.25) is 0 Å². The maximum Gasteiger partial charge on any atom is 0.0649 e. The number of aliphatic imine (C=N–C) groups is 1. The lowest BCUT2D eigenvalue weighted by atomic mass is 9.80. The monoisotopic (exact) mass is 785 g/mol. The molecule has 0 radical (unpaired) electrons. The van der Waals surface area contributed by atoms with Crippen LogP contribution in [0.4, 0.5) is 5.69 Å². The molecule has 1 heterocycles. The van der Waals surface area contributed by atoms with Crippen molar-refractivity contribution in [2.75, 3.05) is 11.9 Å². The smallest absolute Gasteiger partial charge is 0.0649 e. The molecule has 0 amide bonds. The Bertz CT molecular complexity index is 3090. The molecule has 5 aliphatic rings. The van der Waals surface area contributed by atoms with Crippen LogP contribution in [0.25, 0.3) is 54.9 Å². The normalized spacial score (nSPS) is 21.6.